The Labute approximate surface area is 139 Å². The lowest BCUT2D eigenvalue weighted by atomic mass is 9.99. The van der Waals surface area contributed by atoms with E-state index in [2.05, 4.69) is 37.0 Å². The maximum Gasteiger partial charge on any atom is 0.177 e. The molecule has 2 aromatic carbocycles. The van der Waals surface area contributed by atoms with Crippen molar-refractivity contribution in [2.45, 2.75) is 6.92 Å². The van der Waals surface area contributed by atoms with Gasteiger partial charge in [0.15, 0.2) is 11.6 Å². The summed E-state index contributed by atoms with van der Waals surface area (Å²) in [6, 6.07) is 13.9. The van der Waals surface area contributed by atoms with Crippen molar-refractivity contribution in [3.05, 3.63) is 57.0 Å². The highest BCUT2D eigenvalue weighted by atomic mass is 79.9. The Kier molecular flexibility index (Phi) is 3.87. The van der Waals surface area contributed by atoms with Crippen LogP contribution in [0.4, 0.5) is 5.82 Å². The summed E-state index contributed by atoms with van der Waals surface area (Å²) in [6.07, 6.45) is 0. The molecule has 106 valence electrons. The predicted octanol–water partition coefficient (Wildman–Crippen LogP) is 5.42. The van der Waals surface area contributed by atoms with Crippen LogP contribution in [0.3, 0.4) is 0 Å². The van der Waals surface area contributed by atoms with Crippen LogP contribution in [0.15, 0.2) is 55.9 Å². The Balaban J connectivity index is 2.25. The molecule has 1 aromatic heterocycles. The minimum Gasteiger partial charge on any atom is -0.380 e. The first-order valence-electron chi connectivity index (χ1n) is 6.34. The normalized spacial score (nSPS) is 10.8. The fraction of sp³-hybridized carbons (Fsp3) is 0.0625. The summed E-state index contributed by atoms with van der Waals surface area (Å²) in [7, 11) is 0. The zero-order chi connectivity index (χ0) is 15.0. The third-order valence-corrected chi connectivity index (χ3v) is 4.48. The number of rotatable bonds is 2. The van der Waals surface area contributed by atoms with E-state index in [1.165, 1.54) is 0 Å². The van der Waals surface area contributed by atoms with Crippen molar-refractivity contribution < 1.29 is 4.52 Å². The number of nitrogens with zero attached hydrogens (tertiary/aromatic N) is 1. The van der Waals surface area contributed by atoms with E-state index < -0.39 is 0 Å². The molecule has 3 rings (SSSR count). The smallest absolute Gasteiger partial charge is 0.177 e. The van der Waals surface area contributed by atoms with Gasteiger partial charge >= 0.3 is 0 Å². The second-order valence-corrected chi connectivity index (χ2v) is 6.48. The molecule has 21 heavy (non-hydrogen) atoms. The Morgan fingerprint density at radius 3 is 2.52 bits per heavy atom. The van der Waals surface area contributed by atoms with Gasteiger partial charge in [0.1, 0.15) is 0 Å². The number of nitrogen functional groups attached to an aromatic ring is 1. The van der Waals surface area contributed by atoms with Crippen molar-refractivity contribution in [2.75, 3.05) is 5.73 Å². The van der Waals surface area contributed by atoms with E-state index in [4.69, 9.17) is 10.3 Å². The molecular formula is C16H12Br2N2O. The van der Waals surface area contributed by atoms with Crippen molar-refractivity contribution in [2.24, 2.45) is 0 Å². The summed E-state index contributed by atoms with van der Waals surface area (Å²) in [5.41, 5.74) is 9.88. The average Bonchev–Trinajstić information content (AvgIpc) is 2.81. The van der Waals surface area contributed by atoms with E-state index in [-0.39, 0.29) is 0 Å². The minimum absolute atomic E-state index is 0.388. The molecule has 3 aromatic rings. The van der Waals surface area contributed by atoms with Gasteiger partial charge < -0.3 is 10.3 Å². The monoisotopic (exact) mass is 406 g/mol. The Bertz CT molecular complexity index is 812. The predicted molar refractivity (Wildman–Crippen MR) is 91.9 cm³/mol. The SMILES string of the molecule is Cc1cc(Br)ccc1-c1onc(N)c1-c1ccccc1Br. The molecule has 0 amide bonds. The molecule has 2 N–H and O–H groups in total. The van der Waals surface area contributed by atoms with E-state index in [0.717, 1.165) is 31.2 Å². The van der Waals surface area contributed by atoms with Crippen molar-refractivity contribution in [1.29, 1.82) is 0 Å². The summed E-state index contributed by atoms with van der Waals surface area (Å²) in [4.78, 5) is 0. The van der Waals surface area contributed by atoms with Crippen LogP contribution >= 0.6 is 31.9 Å². The zero-order valence-electron chi connectivity index (χ0n) is 11.2. The van der Waals surface area contributed by atoms with Gasteiger partial charge in [-0.1, -0.05) is 55.2 Å². The van der Waals surface area contributed by atoms with Gasteiger partial charge in [0.2, 0.25) is 0 Å². The third-order valence-electron chi connectivity index (χ3n) is 3.29. The fourth-order valence-electron chi connectivity index (χ4n) is 2.29. The number of aryl methyl sites for hydroxylation is 1. The van der Waals surface area contributed by atoms with Gasteiger partial charge in [-0.3, -0.25) is 0 Å². The van der Waals surface area contributed by atoms with E-state index in [0.29, 0.717) is 11.6 Å². The average molecular weight is 408 g/mol. The topological polar surface area (TPSA) is 52.0 Å². The van der Waals surface area contributed by atoms with Crippen LogP contribution < -0.4 is 5.73 Å². The van der Waals surface area contributed by atoms with Crippen LogP contribution in [0.1, 0.15) is 5.56 Å². The molecule has 0 atom stereocenters. The van der Waals surface area contributed by atoms with Gasteiger partial charge in [-0.2, -0.15) is 0 Å². The fourth-order valence-corrected chi connectivity index (χ4v) is 3.25. The van der Waals surface area contributed by atoms with E-state index in [9.17, 15) is 0 Å². The molecule has 0 aliphatic carbocycles. The van der Waals surface area contributed by atoms with Crippen LogP contribution in [0.2, 0.25) is 0 Å². The molecule has 0 aliphatic heterocycles. The van der Waals surface area contributed by atoms with Crippen molar-refractivity contribution in [3.63, 3.8) is 0 Å². The number of aromatic nitrogens is 1. The lowest BCUT2D eigenvalue weighted by Gasteiger charge is -2.07. The first kappa shape index (κ1) is 14.4. The molecule has 0 saturated carbocycles. The van der Waals surface area contributed by atoms with Crippen LogP contribution in [0.5, 0.6) is 0 Å². The molecule has 0 unspecified atom stereocenters. The Hall–Kier alpha value is -1.59. The molecular weight excluding hydrogens is 396 g/mol. The molecule has 0 fully saturated rings. The third kappa shape index (κ3) is 2.63. The largest absolute Gasteiger partial charge is 0.380 e. The highest BCUT2D eigenvalue weighted by Gasteiger charge is 2.20. The standard InChI is InChI=1S/C16H12Br2N2O/c1-9-8-10(17)6-7-11(9)15-14(16(19)20-21-15)12-4-2-3-5-13(12)18/h2-8H,1H3,(H2,19,20). The van der Waals surface area contributed by atoms with Crippen LogP contribution in [0.25, 0.3) is 22.5 Å². The van der Waals surface area contributed by atoms with Crippen molar-refractivity contribution >= 4 is 37.7 Å². The molecule has 0 saturated heterocycles. The summed E-state index contributed by atoms with van der Waals surface area (Å²) in [5.74, 6) is 1.07. The van der Waals surface area contributed by atoms with Gasteiger partial charge in [-0.05, 0) is 36.8 Å². The number of hydrogen-bond donors (Lipinski definition) is 1. The number of hydrogen-bond acceptors (Lipinski definition) is 3. The van der Waals surface area contributed by atoms with Gasteiger partial charge in [0, 0.05) is 20.1 Å². The molecule has 5 heteroatoms. The van der Waals surface area contributed by atoms with Crippen molar-refractivity contribution in [3.8, 4) is 22.5 Å². The van der Waals surface area contributed by atoms with Gasteiger partial charge in [-0.15, -0.1) is 0 Å². The zero-order valence-corrected chi connectivity index (χ0v) is 14.4. The summed E-state index contributed by atoms with van der Waals surface area (Å²) in [5, 5.41) is 3.94. The van der Waals surface area contributed by atoms with Crippen LogP contribution in [0, 0.1) is 6.92 Å². The van der Waals surface area contributed by atoms with Gasteiger partial charge in [0.05, 0.1) is 5.56 Å². The molecule has 1 heterocycles. The Morgan fingerprint density at radius 2 is 1.81 bits per heavy atom. The maximum absolute atomic E-state index is 6.02. The first-order valence-corrected chi connectivity index (χ1v) is 7.93. The highest BCUT2D eigenvalue weighted by Crippen LogP contribution is 2.41. The minimum atomic E-state index is 0.388. The lowest BCUT2D eigenvalue weighted by molar-refractivity contribution is 0.436. The number of anilines is 1. The molecule has 0 bridgehead atoms. The Morgan fingerprint density at radius 1 is 1.05 bits per heavy atom. The van der Waals surface area contributed by atoms with E-state index in [1.54, 1.807) is 0 Å². The highest BCUT2D eigenvalue weighted by molar-refractivity contribution is 9.10. The molecule has 0 spiro atoms. The second-order valence-electron chi connectivity index (χ2n) is 4.71. The van der Waals surface area contributed by atoms with Crippen LogP contribution in [-0.4, -0.2) is 5.16 Å². The van der Waals surface area contributed by atoms with E-state index in [1.807, 2.05) is 49.4 Å². The van der Waals surface area contributed by atoms with Crippen LogP contribution in [-0.2, 0) is 0 Å². The lowest BCUT2D eigenvalue weighted by Crippen LogP contribution is -1.90. The van der Waals surface area contributed by atoms with Crippen molar-refractivity contribution in [1.82, 2.24) is 5.16 Å². The first-order chi connectivity index (χ1) is 10.1. The van der Waals surface area contributed by atoms with Gasteiger partial charge in [-0.25, -0.2) is 0 Å². The maximum atomic E-state index is 6.02. The quantitative estimate of drug-likeness (QED) is 0.616. The summed E-state index contributed by atoms with van der Waals surface area (Å²) in [6.45, 7) is 2.03. The summed E-state index contributed by atoms with van der Waals surface area (Å²) >= 11 is 7.03. The number of benzene rings is 2. The van der Waals surface area contributed by atoms with E-state index >= 15 is 0 Å². The molecule has 0 radical (unpaired) electrons. The molecule has 0 aliphatic rings. The second kappa shape index (κ2) is 5.66. The summed E-state index contributed by atoms with van der Waals surface area (Å²) < 4.78 is 7.48. The molecule has 3 nitrogen and oxygen atoms in total. The number of nitrogens with two attached hydrogens (primary N) is 1. The number of halogens is 2. The van der Waals surface area contributed by atoms with Gasteiger partial charge in [0.25, 0.3) is 0 Å².